The molecule has 1 aliphatic rings. The van der Waals surface area contributed by atoms with Gasteiger partial charge in [0.25, 0.3) is 0 Å². The summed E-state index contributed by atoms with van der Waals surface area (Å²) < 4.78 is 13.9. The molecule has 0 amide bonds. The lowest BCUT2D eigenvalue weighted by molar-refractivity contribution is -0.0138. The average molecular weight is 482 g/mol. The second-order valence-corrected chi connectivity index (χ2v) is 9.01. The summed E-state index contributed by atoms with van der Waals surface area (Å²) in [6.07, 6.45) is 1.90. The zero-order valence-corrected chi connectivity index (χ0v) is 21.4. The molecular weight excluding hydrogens is 446 g/mol. The van der Waals surface area contributed by atoms with E-state index in [-0.39, 0.29) is 6.04 Å². The minimum Gasteiger partial charge on any atom is -0.380 e. The molecule has 182 valence electrons. The molecule has 6 heteroatoms. The van der Waals surface area contributed by atoms with Gasteiger partial charge in [0.15, 0.2) is 5.15 Å². The Bertz CT molecular complexity index is 1040. The summed E-state index contributed by atoms with van der Waals surface area (Å²) in [5, 5.41) is 0.581. The zero-order valence-electron chi connectivity index (χ0n) is 20.6. The van der Waals surface area contributed by atoms with Crippen LogP contribution in [0.1, 0.15) is 49.2 Å². The molecule has 0 N–H and O–H groups in total. The average Bonchev–Trinajstić information content (AvgIpc) is 3.18. The largest absolute Gasteiger partial charge is 0.380 e. The van der Waals surface area contributed by atoms with Gasteiger partial charge in [-0.3, -0.25) is 4.90 Å². The highest BCUT2D eigenvalue weighted by molar-refractivity contribution is 6.30. The lowest BCUT2D eigenvalue weighted by Crippen LogP contribution is -2.39. The number of aromatic nitrogens is 2. The predicted molar refractivity (Wildman–Crippen MR) is 138 cm³/mol. The van der Waals surface area contributed by atoms with Gasteiger partial charge in [-0.25, -0.2) is 4.98 Å². The topological polar surface area (TPSA) is 39.5 Å². The van der Waals surface area contributed by atoms with Gasteiger partial charge in [-0.05, 0) is 36.5 Å². The molecule has 1 saturated heterocycles. The molecule has 5 nitrogen and oxygen atoms in total. The van der Waals surface area contributed by atoms with Crippen molar-refractivity contribution < 1.29 is 9.47 Å². The maximum absolute atomic E-state index is 6.89. The molecule has 1 atom stereocenters. The smallest absolute Gasteiger partial charge is 0.152 e. The van der Waals surface area contributed by atoms with Crippen molar-refractivity contribution in [3.05, 3.63) is 76.1 Å². The maximum atomic E-state index is 6.89. The summed E-state index contributed by atoms with van der Waals surface area (Å²) in [5.74, 6) is 0.957. The number of imidazole rings is 1. The van der Waals surface area contributed by atoms with E-state index in [1.807, 2.05) is 6.92 Å². The summed E-state index contributed by atoms with van der Waals surface area (Å²) in [7, 11) is 0. The van der Waals surface area contributed by atoms with Crippen molar-refractivity contribution >= 4 is 11.6 Å². The van der Waals surface area contributed by atoms with E-state index in [4.69, 9.17) is 26.1 Å². The molecule has 0 bridgehead atoms. The van der Waals surface area contributed by atoms with Crippen molar-refractivity contribution in [3.63, 3.8) is 0 Å². The van der Waals surface area contributed by atoms with Crippen LogP contribution in [0.15, 0.2) is 48.5 Å². The van der Waals surface area contributed by atoms with E-state index in [1.54, 1.807) is 0 Å². The highest BCUT2D eigenvalue weighted by atomic mass is 35.5. The van der Waals surface area contributed by atoms with Gasteiger partial charge in [-0.2, -0.15) is 0 Å². The molecular formula is C28H36ClN3O2. The van der Waals surface area contributed by atoms with E-state index in [0.29, 0.717) is 25.0 Å². The highest BCUT2D eigenvalue weighted by Crippen LogP contribution is 2.34. The molecule has 0 aliphatic carbocycles. The fourth-order valence-electron chi connectivity index (χ4n) is 4.87. The third kappa shape index (κ3) is 5.38. The van der Waals surface area contributed by atoms with Gasteiger partial charge in [0.2, 0.25) is 0 Å². The first-order chi connectivity index (χ1) is 16.7. The highest BCUT2D eigenvalue weighted by Gasteiger charge is 2.28. The van der Waals surface area contributed by atoms with E-state index in [0.717, 1.165) is 50.6 Å². The van der Waals surface area contributed by atoms with Gasteiger partial charge in [0.1, 0.15) is 5.82 Å². The summed E-state index contributed by atoms with van der Waals surface area (Å²) in [4.78, 5) is 7.42. The molecule has 34 heavy (non-hydrogen) atoms. The van der Waals surface area contributed by atoms with Crippen molar-refractivity contribution in [3.8, 4) is 11.4 Å². The number of halogens is 1. The van der Waals surface area contributed by atoms with Gasteiger partial charge in [-0.1, -0.05) is 74.0 Å². The molecule has 3 aromatic rings. The van der Waals surface area contributed by atoms with Crippen molar-refractivity contribution in [2.24, 2.45) is 0 Å². The van der Waals surface area contributed by atoms with Gasteiger partial charge in [0.05, 0.1) is 31.6 Å². The number of hydrogen-bond acceptors (Lipinski definition) is 4. The minimum atomic E-state index is 0.193. The van der Waals surface area contributed by atoms with E-state index < -0.39 is 0 Å². The Labute approximate surface area is 208 Å². The molecule has 1 aliphatic heterocycles. The van der Waals surface area contributed by atoms with Crippen LogP contribution in [0.3, 0.4) is 0 Å². The molecule has 1 aromatic heterocycles. The maximum Gasteiger partial charge on any atom is 0.152 e. The number of morpholine rings is 1. The monoisotopic (exact) mass is 481 g/mol. The van der Waals surface area contributed by atoms with E-state index in [1.165, 1.54) is 22.3 Å². The molecule has 4 rings (SSSR count). The Morgan fingerprint density at radius 3 is 2.44 bits per heavy atom. The number of hydrogen-bond donors (Lipinski definition) is 0. The number of benzene rings is 2. The molecule has 0 spiro atoms. The number of ether oxygens (including phenoxy) is 2. The van der Waals surface area contributed by atoms with E-state index in [9.17, 15) is 0 Å². The fourth-order valence-corrected chi connectivity index (χ4v) is 5.11. The van der Waals surface area contributed by atoms with E-state index >= 15 is 0 Å². The molecule has 0 radical (unpaired) electrons. The van der Waals surface area contributed by atoms with Crippen LogP contribution >= 0.6 is 11.6 Å². The van der Waals surface area contributed by atoms with Gasteiger partial charge in [0, 0.05) is 31.8 Å². The second-order valence-electron chi connectivity index (χ2n) is 8.65. The van der Waals surface area contributed by atoms with Crippen LogP contribution in [0.2, 0.25) is 5.15 Å². The number of nitrogens with zero attached hydrogens (tertiary/aromatic N) is 3. The van der Waals surface area contributed by atoms with E-state index in [2.05, 4.69) is 71.8 Å². The summed E-state index contributed by atoms with van der Waals surface area (Å²) in [6, 6.07) is 17.3. The predicted octanol–water partition coefficient (Wildman–Crippen LogP) is 5.94. The van der Waals surface area contributed by atoms with Gasteiger partial charge in [-0.15, -0.1) is 0 Å². The summed E-state index contributed by atoms with van der Waals surface area (Å²) >= 11 is 6.89. The van der Waals surface area contributed by atoms with Gasteiger partial charge >= 0.3 is 0 Å². The van der Waals surface area contributed by atoms with Crippen LogP contribution in [-0.2, 0) is 35.4 Å². The van der Waals surface area contributed by atoms with Crippen molar-refractivity contribution in [2.75, 3.05) is 33.0 Å². The molecule has 0 saturated carbocycles. The first-order valence-electron chi connectivity index (χ1n) is 12.5. The molecule has 1 fully saturated rings. The summed E-state index contributed by atoms with van der Waals surface area (Å²) in [5.41, 5.74) is 6.15. The van der Waals surface area contributed by atoms with Crippen LogP contribution < -0.4 is 0 Å². The third-order valence-electron chi connectivity index (χ3n) is 6.69. The van der Waals surface area contributed by atoms with Gasteiger partial charge < -0.3 is 14.0 Å². The van der Waals surface area contributed by atoms with Crippen LogP contribution in [-0.4, -0.2) is 47.4 Å². The number of rotatable bonds is 10. The normalized spacial score (nSPS) is 16.8. The fraction of sp³-hybridized carbons (Fsp3) is 0.464. The lowest BCUT2D eigenvalue weighted by Gasteiger charge is -2.36. The van der Waals surface area contributed by atoms with Crippen molar-refractivity contribution in [1.29, 1.82) is 0 Å². The van der Waals surface area contributed by atoms with Crippen LogP contribution in [0.5, 0.6) is 0 Å². The standard InChI is InChI=1S/C28H36ClN3O2/c1-4-21-13-10-14-22(5-2)26(21)28-30-27(29)24(32(28)16-18-33-6-3)19-31-15-17-34-20-25(31)23-11-8-7-9-12-23/h7-14,25H,4-6,15-20H2,1-3H3/t25-/m0/s1. The Balaban J connectivity index is 1.75. The third-order valence-corrected chi connectivity index (χ3v) is 6.99. The Morgan fingerprint density at radius 1 is 1.03 bits per heavy atom. The Morgan fingerprint density at radius 2 is 1.76 bits per heavy atom. The quantitative estimate of drug-likeness (QED) is 0.336. The Kier molecular flexibility index (Phi) is 8.79. The first kappa shape index (κ1) is 24.9. The second kappa shape index (κ2) is 12.0. The molecule has 2 aromatic carbocycles. The van der Waals surface area contributed by atoms with Crippen LogP contribution in [0.4, 0.5) is 0 Å². The summed E-state index contributed by atoms with van der Waals surface area (Å²) in [6.45, 7) is 11.5. The molecule has 2 heterocycles. The zero-order chi connectivity index (χ0) is 23.9. The van der Waals surface area contributed by atoms with Crippen LogP contribution in [0.25, 0.3) is 11.4 Å². The first-order valence-corrected chi connectivity index (χ1v) is 12.9. The van der Waals surface area contributed by atoms with Crippen molar-refractivity contribution in [2.45, 2.75) is 52.7 Å². The Hall–Kier alpha value is -2.18. The lowest BCUT2D eigenvalue weighted by atomic mass is 9.97. The number of aryl methyl sites for hydroxylation is 2. The minimum absolute atomic E-state index is 0.193. The SMILES string of the molecule is CCOCCn1c(-c2c(CC)cccc2CC)nc(Cl)c1CN1CCOC[C@H]1c1ccccc1. The van der Waals surface area contributed by atoms with Crippen molar-refractivity contribution in [1.82, 2.24) is 14.5 Å². The molecule has 0 unspecified atom stereocenters. The van der Waals surface area contributed by atoms with Crippen LogP contribution in [0, 0.1) is 0 Å².